The van der Waals surface area contributed by atoms with Crippen molar-refractivity contribution >= 4 is 11.5 Å². The zero-order valence-electron chi connectivity index (χ0n) is 15.0. The Labute approximate surface area is 144 Å². The van der Waals surface area contributed by atoms with Gasteiger partial charge >= 0.3 is 0 Å². The molecule has 6 nitrogen and oxygen atoms in total. The summed E-state index contributed by atoms with van der Waals surface area (Å²) < 4.78 is 2.00. The number of nitrogens with one attached hydrogen (secondary N) is 1. The third-order valence-electron chi connectivity index (χ3n) is 4.33. The molecule has 24 heavy (non-hydrogen) atoms. The molecule has 0 aliphatic carbocycles. The highest BCUT2D eigenvalue weighted by Gasteiger charge is 2.17. The van der Waals surface area contributed by atoms with Crippen molar-refractivity contribution in [3.05, 3.63) is 30.5 Å². The first-order chi connectivity index (χ1) is 11.5. The minimum atomic E-state index is -0.0592. The van der Waals surface area contributed by atoms with Crippen LogP contribution < -0.4 is 5.32 Å². The Morgan fingerprint density at radius 1 is 1.12 bits per heavy atom. The first-order valence-corrected chi connectivity index (χ1v) is 8.86. The molecule has 0 atom stereocenters. The topological polar surface area (TPSA) is 58.9 Å². The second kappa shape index (κ2) is 7.30. The van der Waals surface area contributed by atoms with Crippen LogP contribution in [0.1, 0.15) is 45.9 Å². The van der Waals surface area contributed by atoms with Crippen LogP contribution in [-0.2, 0) is 12.0 Å². The van der Waals surface area contributed by atoms with Gasteiger partial charge in [-0.25, -0.2) is 9.97 Å². The van der Waals surface area contributed by atoms with Crippen molar-refractivity contribution in [3.8, 4) is 0 Å². The molecule has 1 aliphatic rings. The number of hydrogen-bond donors (Lipinski definition) is 1. The normalized spacial score (nSPS) is 16.3. The molecule has 1 saturated heterocycles. The van der Waals surface area contributed by atoms with Gasteiger partial charge in [-0.15, -0.1) is 0 Å². The van der Waals surface area contributed by atoms with Gasteiger partial charge in [-0.05, 0) is 32.0 Å². The zero-order valence-corrected chi connectivity index (χ0v) is 15.0. The van der Waals surface area contributed by atoms with E-state index in [1.807, 2.05) is 23.1 Å². The van der Waals surface area contributed by atoms with Gasteiger partial charge in [0.1, 0.15) is 11.6 Å². The van der Waals surface area contributed by atoms with Crippen molar-refractivity contribution in [2.24, 2.45) is 0 Å². The summed E-state index contributed by atoms with van der Waals surface area (Å²) in [4.78, 5) is 11.5. The lowest BCUT2D eigenvalue weighted by Gasteiger charge is -2.26. The third-order valence-corrected chi connectivity index (χ3v) is 4.33. The summed E-state index contributed by atoms with van der Waals surface area (Å²) in [5.41, 5.74) is 0.906. The molecule has 3 heterocycles. The number of aromatic nitrogens is 4. The van der Waals surface area contributed by atoms with Gasteiger partial charge in [0.25, 0.3) is 0 Å². The Morgan fingerprint density at radius 2 is 1.92 bits per heavy atom. The SMILES string of the molecule is CC(C)(C)c1nccc(Nc2cnn(CCN3CCCCC3)c2)n1. The average molecular weight is 328 g/mol. The molecule has 0 saturated carbocycles. The fourth-order valence-electron chi connectivity index (χ4n) is 2.91. The Bertz CT molecular complexity index is 652. The fourth-order valence-corrected chi connectivity index (χ4v) is 2.91. The number of hydrogen-bond acceptors (Lipinski definition) is 5. The number of nitrogens with zero attached hydrogens (tertiary/aromatic N) is 5. The second-order valence-electron chi connectivity index (χ2n) is 7.53. The Morgan fingerprint density at radius 3 is 2.67 bits per heavy atom. The molecule has 2 aromatic heterocycles. The summed E-state index contributed by atoms with van der Waals surface area (Å²) >= 11 is 0. The van der Waals surface area contributed by atoms with Gasteiger partial charge in [-0.3, -0.25) is 4.68 Å². The second-order valence-corrected chi connectivity index (χ2v) is 7.53. The molecule has 1 aliphatic heterocycles. The van der Waals surface area contributed by atoms with Crippen molar-refractivity contribution in [1.29, 1.82) is 0 Å². The Hall–Kier alpha value is -1.95. The molecule has 0 radical (unpaired) electrons. The van der Waals surface area contributed by atoms with Crippen molar-refractivity contribution in [1.82, 2.24) is 24.6 Å². The van der Waals surface area contributed by atoms with E-state index in [1.165, 1.54) is 32.4 Å². The van der Waals surface area contributed by atoms with E-state index in [9.17, 15) is 0 Å². The summed E-state index contributed by atoms with van der Waals surface area (Å²) in [6.45, 7) is 10.8. The van der Waals surface area contributed by atoms with Crippen LogP contribution in [0.4, 0.5) is 11.5 Å². The van der Waals surface area contributed by atoms with Crippen LogP contribution in [-0.4, -0.2) is 44.3 Å². The lowest BCUT2D eigenvalue weighted by atomic mass is 9.96. The number of piperidine rings is 1. The van der Waals surface area contributed by atoms with Crippen LogP contribution in [0.25, 0.3) is 0 Å². The van der Waals surface area contributed by atoms with Crippen molar-refractivity contribution in [2.75, 3.05) is 25.0 Å². The monoisotopic (exact) mass is 328 g/mol. The molecule has 3 rings (SSSR count). The minimum absolute atomic E-state index is 0.0592. The number of rotatable bonds is 5. The summed E-state index contributed by atoms with van der Waals surface area (Å²) in [6, 6.07) is 1.89. The van der Waals surface area contributed by atoms with Gasteiger partial charge in [0, 0.05) is 24.4 Å². The van der Waals surface area contributed by atoms with E-state index in [4.69, 9.17) is 0 Å². The average Bonchev–Trinajstić information content (AvgIpc) is 3.01. The summed E-state index contributed by atoms with van der Waals surface area (Å²) in [6.07, 6.45) is 9.74. The summed E-state index contributed by atoms with van der Waals surface area (Å²) in [5.74, 6) is 1.65. The smallest absolute Gasteiger partial charge is 0.135 e. The van der Waals surface area contributed by atoms with E-state index in [0.717, 1.165) is 30.4 Å². The highest BCUT2D eigenvalue weighted by atomic mass is 15.3. The maximum absolute atomic E-state index is 4.60. The first kappa shape index (κ1) is 16.9. The quantitative estimate of drug-likeness (QED) is 0.913. The zero-order chi connectivity index (χ0) is 17.0. The van der Waals surface area contributed by atoms with E-state index >= 15 is 0 Å². The van der Waals surface area contributed by atoms with E-state index in [-0.39, 0.29) is 5.41 Å². The molecular weight excluding hydrogens is 300 g/mol. The number of likely N-dealkylation sites (tertiary alicyclic amines) is 1. The van der Waals surface area contributed by atoms with Crippen molar-refractivity contribution in [2.45, 2.75) is 52.0 Å². The van der Waals surface area contributed by atoms with Gasteiger partial charge in [0.05, 0.1) is 18.4 Å². The van der Waals surface area contributed by atoms with Crippen LogP contribution in [0.3, 0.4) is 0 Å². The third kappa shape index (κ3) is 4.54. The molecule has 0 spiro atoms. The van der Waals surface area contributed by atoms with Crippen LogP contribution in [0.2, 0.25) is 0 Å². The lowest BCUT2D eigenvalue weighted by molar-refractivity contribution is 0.218. The van der Waals surface area contributed by atoms with Crippen LogP contribution >= 0.6 is 0 Å². The van der Waals surface area contributed by atoms with E-state index in [2.05, 4.69) is 46.1 Å². The highest BCUT2D eigenvalue weighted by Crippen LogP contribution is 2.20. The Balaban J connectivity index is 1.57. The van der Waals surface area contributed by atoms with Crippen LogP contribution in [0.15, 0.2) is 24.7 Å². The molecule has 0 amide bonds. The van der Waals surface area contributed by atoms with Crippen molar-refractivity contribution < 1.29 is 0 Å². The lowest BCUT2D eigenvalue weighted by Crippen LogP contribution is -2.32. The van der Waals surface area contributed by atoms with Gasteiger partial charge < -0.3 is 10.2 Å². The Kier molecular flexibility index (Phi) is 5.14. The standard InChI is InChI=1S/C18H28N6/c1-18(2,3)17-19-8-7-16(22-17)21-15-13-20-24(14-15)12-11-23-9-5-4-6-10-23/h7-8,13-14H,4-6,9-12H2,1-3H3,(H,19,21,22). The van der Waals surface area contributed by atoms with Gasteiger partial charge in [-0.1, -0.05) is 27.2 Å². The molecule has 1 fully saturated rings. The first-order valence-electron chi connectivity index (χ1n) is 8.86. The van der Waals surface area contributed by atoms with E-state index < -0.39 is 0 Å². The van der Waals surface area contributed by atoms with Crippen LogP contribution in [0, 0.1) is 0 Å². The largest absolute Gasteiger partial charge is 0.338 e. The molecular formula is C18H28N6. The van der Waals surface area contributed by atoms with Gasteiger partial charge in [0.2, 0.25) is 0 Å². The minimum Gasteiger partial charge on any atom is -0.338 e. The fraction of sp³-hybridized carbons (Fsp3) is 0.611. The predicted octanol–water partition coefficient (Wildman–Crippen LogP) is 3.20. The predicted molar refractivity (Wildman–Crippen MR) is 96.5 cm³/mol. The number of anilines is 2. The molecule has 6 heteroatoms. The van der Waals surface area contributed by atoms with E-state index in [1.54, 1.807) is 6.20 Å². The molecule has 0 bridgehead atoms. The molecule has 2 aromatic rings. The molecule has 1 N–H and O–H groups in total. The summed E-state index contributed by atoms with van der Waals surface area (Å²) in [7, 11) is 0. The van der Waals surface area contributed by atoms with Gasteiger partial charge in [0.15, 0.2) is 0 Å². The van der Waals surface area contributed by atoms with Gasteiger partial charge in [-0.2, -0.15) is 5.10 Å². The van der Waals surface area contributed by atoms with Crippen LogP contribution in [0.5, 0.6) is 0 Å². The van der Waals surface area contributed by atoms with Crippen molar-refractivity contribution in [3.63, 3.8) is 0 Å². The summed E-state index contributed by atoms with van der Waals surface area (Å²) in [5, 5.41) is 7.78. The molecule has 0 aromatic carbocycles. The maximum atomic E-state index is 4.60. The highest BCUT2D eigenvalue weighted by molar-refractivity contribution is 5.53. The molecule has 130 valence electrons. The maximum Gasteiger partial charge on any atom is 0.135 e. The molecule has 0 unspecified atom stereocenters. The van der Waals surface area contributed by atoms with E-state index in [0.29, 0.717) is 0 Å².